The Balaban J connectivity index is 2.93. The maximum absolute atomic E-state index is 10.9. The average molecular weight is 166 g/mol. The third-order valence-electron chi connectivity index (χ3n) is 1.51. The topological polar surface area (TPSA) is 61.4 Å². The molecule has 12 heavy (non-hydrogen) atoms. The first-order valence-electron chi connectivity index (χ1n) is 3.50. The predicted octanol–water partition coefficient (Wildman–Crippen LogP) is 0.847. The molecule has 1 amide bonds. The second-order valence-corrected chi connectivity index (χ2v) is 2.27. The van der Waals surface area contributed by atoms with E-state index in [-0.39, 0.29) is 0 Å². The van der Waals surface area contributed by atoms with Gasteiger partial charge in [0.1, 0.15) is 0 Å². The Morgan fingerprint density at radius 3 is 2.83 bits per heavy atom. The molecule has 0 aliphatic carbocycles. The summed E-state index contributed by atoms with van der Waals surface area (Å²) in [7, 11) is 1.76. The summed E-state index contributed by atoms with van der Waals surface area (Å²) in [6.45, 7) is 0. The van der Waals surface area contributed by atoms with Crippen LogP contribution in [0, 0.1) is 0 Å². The molecule has 0 aliphatic heterocycles. The normalized spacial score (nSPS) is 9.17. The Kier molecular flexibility index (Phi) is 2.66. The number of hydrogen-bond donors (Lipinski definition) is 3. The zero-order valence-corrected chi connectivity index (χ0v) is 6.66. The predicted molar refractivity (Wildman–Crippen MR) is 45.2 cm³/mol. The third-order valence-corrected chi connectivity index (χ3v) is 1.51. The molecule has 0 saturated carbocycles. The van der Waals surface area contributed by atoms with Crippen molar-refractivity contribution in [1.82, 2.24) is 5.48 Å². The Hall–Kier alpha value is -1.55. The van der Waals surface area contributed by atoms with E-state index in [2.05, 4.69) is 5.32 Å². The zero-order valence-electron chi connectivity index (χ0n) is 6.66. The Bertz CT molecular complexity index is 286. The average Bonchev–Trinajstić information content (AvgIpc) is 2.17. The van der Waals surface area contributed by atoms with Crippen LogP contribution in [0.1, 0.15) is 10.4 Å². The van der Waals surface area contributed by atoms with Crippen LogP contribution in [0.3, 0.4) is 0 Å². The molecule has 0 atom stereocenters. The molecule has 1 rings (SSSR count). The van der Waals surface area contributed by atoms with Crippen LogP contribution in [-0.4, -0.2) is 18.2 Å². The molecule has 3 N–H and O–H groups in total. The molecular weight excluding hydrogens is 156 g/mol. The van der Waals surface area contributed by atoms with Crippen molar-refractivity contribution in [3.05, 3.63) is 29.8 Å². The number of carbonyl (C=O) groups is 1. The Morgan fingerprint density at radius 1 is 1.50 bits per heavy atom. The fourth-order valence-electron chi connectivity index (χ4n) is 0.880. The van der Waals surface area contributed by atoms with Crippen LogP contribution in [0.2, 0.25) is 0 Å². The number of anilines is 1. The number of rotatable bonds is 2. The number of amides is 1. The van der Waals surface area contributed by atoms with Crippen LogP contribution in [0.15, 0.2) is 24.3 Å². The molecule has 0 heterocycles. The quantitative estimate of drug-likeness (QED) is 0.451. The maximum atomic E-state index is 10.9. The highest BCUT2D eigenvalue weighted by Gasteiger charge is 2.02. The van der Waals surface area contributed by atoms with Crippen molar-refractivity contribution in [2.24, 2.45) is 0 Å². The van der Waals surface area contributed by atoms with Gasteiger partial charge < -0.3 is 5.32 Å². The number of hydroxylamine groups is 1. The molecule has 1 aromatic carbocycles. The van der Waals surface area contributed by atoms with Crippen molar-refractivity contribution in [2.75, 3.05) is 12.4 Å². The number of nitrogens with one attached hydrogen (secondary N) is 2. The van der Waals surface area contributed by atoms with Crippen molar-refractivity contribution >= 4 is 11.6 Å². The summed E-state index contributed by atoms with van der Waals surface area (Å²) in [4.78, 5) is 10.9. The van der Waals surface area contributed by atoms with E-state index >= 15 is 0 Å². The number of benzene rings is 1. The van der Waals surface area contributed by atoms with Gasteiger partial charge in [0.25, 0.3) is 5.91 Å². The van der Waals surface area contributed by atoms with Crippen LogP contribution in [0.5, 0.6) is 0 Å². The van der Waals surface area contributed by atoms with E-state index in [4.69, 9.17) is 5.21 Å². The molecule has 0 aromatic heterocycles. The van der Waals surface area contributed by atoms with Gasteiger partial charge in [-0.2, -0.15) is 0 Å². The van der Waals surface area contributed by atoms with E-state index in [0.717, 1.165) is 5.69 Å². The minimum atomic E-state index is -0.507. The SMILES string of the molecule is CNc1cccc(C(=O)NO)c1. The summed E-state index contributed by atoms with van der Waals surface area (Å²) in [5.41, 5.74) is 2.82. The summed E-state index contributed by atoms with van der Waals surface area (Å²) in [5.74, 6) is -0.507. The van der Waals surface area contributed by atoms with Crippen molar-refractivity contribution in [2.45, 2.75) is 0 Å². The molecule has 0 saturated heterocycles. The lowest BCUT2D eigenvalue weighted by molar-refractivity contribution is 0.0706. The first-order chi connectivity index (χ1) is 5.77. The van der Waals surface area contributed by atoms with Gasteiger partial charge in [-0.25, -0.2) is 5.48 Å². The van der Waals surface area contributed by atoms with Gasteiger partial charge in [-0.15, -0.1) is 0 Å². The second-order valence-electron chi connectivity index (χ2n) is 2.27. The van der Waals surface area contributed by atoms with Crippen LogP contribution in [0.25, 0.3) is 0 Å². The number of carbonyl (C=O) groups excluding carboxylic acids is 1. The lowest BCUT2D eigenvalue weighted by Crippen LogP contribution is -2.18. The Labute approximate surface area is 70.2 Å². The summed E-state index contributed by atoms with van der Waals surface area (Å²) in [6.07, 6.45) is 0. The van der Waals surface area contributed by atoms with Gasteiger partial charge in [-0.3, -0.25) is 10.0 Å². The summed E-state index contributed by atoms with van der Waals surface area (Å²) in [5, 5.41) is 11.2. The van der Waals surface area contributed by atoms with E-state index in [0.29, 0.717) is 5.56 Å². The van der Waals surface area contributed by atoms with Crippen LogP contribution in [-0.2, 0) is 0 Å². The van der Waals surface area contributed by atoms with Gasteiger partial charge in [0, 0.05) is 18.3 Å². The minimum absolute atomic E-state index is 0.421. The first kappa shape index (κ1) is 8.55. The highest BCUT2D eigenvalue weighted by Crippen LogP contribution is 2.08. The van der Waals surface area contributed by atoms with E-state index in [1.165, 1.54) is 0 Å². The monoisotopic (exact) mass is 166 g/mol. The molecule has 1 aromatic rings. The third kappa shape index (κ3) is 1.73. The van der Waals surface area contributed by atoms with E-state index < -0.39 is 5.91 Å². The van der Waals surface area contributed by atoms with Gasteiger partial charge in [0.2, 0.25) is 0 Å². The summed E-state index contributed by atoms with van der Waals surface area (Å²) >= 11 is 0. The largest absolute Gasteiger partial charge is 0.388 e. The van der Waals surface area contributed by atoms with Crippen molar-refractivity contribution in [3.8, 4) is 0 Å². The Morgan fingerprint density at radius 2 is 2.25 bits per heavy atom. The van der Waals surface area contributed by atoms with Crippen LogP contribution < -0.4 is 10.8 Å². The molecule has 0 radical (unpaired) electrons. The molecule has 0 unspecified atom stereocenters. The molecule has 0 bridgehead atoms. The van der Waals surface area contributed by atoms with Crippen LogP contribution >= 0.6 is 0 Å². The van der Waals surface area contributed by atoms with E-state index in [1.807, 2.05) is 6.07 Å². The summed E-state index contributed by atoms with van der Waals surface area (Å²) in [6, 6.07) is 6.82. The molecule has 4 nitrogen and oxygen atoms in total. The lowest BCUT2D eigenvalue weighted by Gasteiger charge is -2.01. The first-order valence-corrected chi connectivity index (χ1v) is 3.50. The molecule has 64 valence electrons. The van der Waals surface area contributed by atoms with Crippen molar-refractivity contribution < 1.29 is 10.0 Å². The zero-order chi connectivity index (χ0) is 8.97. The molecule has 0 spiro atoms. The van der Waals surface area contributed by atoms with E-state index in [1.54, 1.807) is 30.7 Å². The molecule has 0 aliphatic rings. The fourth-order valence-corrected chi connectivity index (χ4v) is 0.880. The van der Waals surface area contributed by atoms with Gasteiger partial charge in [-0.05, 0) is 18.2 Å². The second kappa shape index (κ2) is 3.73. The minimum Gasteiger partial charge on any atom is -0.388 e. The highest BCUT2D eigenvalue weighted by atomic mass is 16.5. The van der Waals surface area contributed by atoms with Crippen LogP contribution in [0.4, 0.5) is 5.69 Å². The van der Waals surface area contributed by atoms with Gasteiger partial charge in [-0.1, -0.05) is 6.07 Å². The van der Waals surface area contributed by atoms with E-state index in [9.17, 15) is 4.79 Å². The standard InChI is InChI=1S/C8H10N2O2/c1-9-7-4-2-3-6(5-7)8(11)10-12/h2-5,9,12H,1H3,(H,10,11). The summed E-state index contributed by atoms with van der Waals surface area (Å²) < 4.78 is 0. The smallest absolute Gasteiger partial charge is 0.274 e. The van der Waals surface area contributed by atoms with Crippen molar-refractivity contribution in [1.29, 1.82) is 0 Å². The van der Waals surface area contributed by atoms with Crippen molar-refractivity contribution in [3.63, 3.8) is 0 Å². The lowest BCUT2D eigenvalue weighted by atomic mass is 10.2. The van der Waals surface area contributed by atoms with Gasteiger partial charge in [0.15, 0.2) is 0 Å². The maximum Gasteiger partial charge on any atom is 0.274 e. The van der Waals surface area contributed by atoms with Gasteiger partial charge in [0.05, 0.1) is 0 Å². The number of hydrogen-bond acceptors (Lipinski definition) is 3. The fraction of sp³-hybridized carbons (Fsp3) is 0.125. The molecule has 4 heteroatoms. The highest BCUT2D eigenvalue weighted by molar-refractivity contribution is 5.94. The van der Waals surface area contributed by atoms with Gasteiger partial charge >= 0.3 is 0 Å². The molecular formula is C8H10N2O2. The molecule has 0 fully saturated rings.